The topological polar surface area (TPSA) is 36.0 Å². The molecule has 4 aromatic carbocycles. The van der Waals surface area contributed by atoms with E-state index in [1.807, 2.05) is 18.2 Å². The van der Waals surface area contributed by atoms with Crippen molar-refractivity contribution in [2.75, 3.05) is 0 Å². The van der Waals surface area contributed by atoms with Crippen LogP contribution in [0.1, 0.15) is 0 Å². The fourth-order valence-corrected chi connectivity index (χ4v) is 3.61. The summed E-state index contributed by atoms with van der Waals surface area (Å²) in [6.07, 6.45) is 0. The summed E-state index contributed by atoms with van der Waals surface area (Å²) in [7, 11) is 0. The van der Waals surface area contributed by atoms with E-state index in [0.717, 1.165) is 27.2 Å². The number of benzene rings is 4. The zero-order valence-electron chi connectivity index (χ0n) is 13.0. The number of H-pyrrole nitrogens is 1. The van der Waals surface area contributed by atoms with E-state index in [1.165, 1.54) is 16.5 Å². The number of aromatic hydroxyl groups is 1. The van der Waals surface area contributed by atoms with Crippen LogP contribution in [0.5, 0.6) is 5.75 Å². The molecule has 24 heavy (non-hydrogen) atoms. The molecule has 1 aromatic heterocycles. The van der Waals surface area contributed by atoms with Crippen LogP contribution < -0.4 is 0 Å². The van der Waals surface area contributed by atoms with E-state index in [1.54, 1.807) is 6.07 Å². The molecule has 0 spiro atoms. The van der Waals surface area contributed by atoms with Crippen LogP contribution in [0.15, 0.2) is 78.9 Å². The molecule has 0 saturated carbocycles. The molecule has 114 valence electrons. The van der Waals surface area contributed by atoms with E-state index in [2.05, 4.69) is 59.6 Å². The molecular formula is C22H15NO. The number of phenolic OH excluding ortho intramolecular Hbond substituents is 1. The van der Waals surface area contributed by atoms with Crippen molar-refractivity contribution in [3.8, 4) is 16.9 Å². The third-order valence-corrected chi connectivity index (χ3v) is 4.67. The average Bonchev–Trinajstić information content (AvgIpc) is 3.01. The van der Waals surface area contributed by atoms with Crippen molar-refractivity contribution < 1.29 is 5.11 Å². The maximum atomic E-state index is 9.98. The largest absolute Gasteiger partial charge is 0.508 e. The summed E-state index contributed by atoms with van der Waals surface area (Å²) in [6, 6.07) is 26.5. The second-order valence-electron chi connectivity index (χ2n) is 6.11. The van der Waals surface area contributed by atoms with E-state index in [-0.39, 0.29) is 0 Å². The Morgan fingerprint density at radius 2 is 1.46 bits per heavy atom. The van der Waals surface area contributed by atoms with Crippen molar-refractivity contribution in [2.45, 2.75) is 0 Å². The fraction of sp³-hybridized carbons (Fsp3) is 0. The summed E-state index contributed by atoms with van der Waals surface area (Å²) >= 11 is 0. The minimum absolute atomic E-state index is 0.293. The molecule has 5 aromatic rings. The summed E-state index contributed by atoms with van der Waals surface area (Å²) in [4.78, 5) is 3.52. The van der Waals surface area contributed by atoms with Crippen LogP contribution >= 0.6 is 0 Å². The van der Waals surface area contributed by atoms with E-state index in [9.17, 15) is 5.11 Å². The highest BCUT2D eigenvalue weighted by Crippen LogP contribution is 2.38. The average molecular weight is 309 g/mol. The Balaban J connectivity index is 2.02. The first-order chi connectivity index (χ1) is 11.8. The van der Waals surface area contributed by atoms with Crippen LogP contribution in [0.3, 0.4) is 0 Å². The predicted octanol–water partition coefficient (Wildman–Crippen LogP) is 5.85. The molecule has 0 aliphatic carbocycles. The Kier molecular flexibility index (Phi) is 2.68. The van der Waals surface area contributed by atoms with Crippen LogP contribution in [0.4, 0.5) is 0 Å². The number of aromatic amines is 1. The molecular weight excluding hydrogens is 294 g/mol. The second kappa shape index (κ2) is 4.87. The number of aromatic nitrogens is 1. The van der Waals surface area contributed by atoms with Gasteiger partial charge in [-0.2, -0.15) is 0 Å². The number of hydrogen-bond acceptors (Lipinski definition) is 1. The highest BCUT2D eigenvalue weighted by Gasteiger charge is 2.13. The molecule has 1 heterocycles. The summed E-state index contributed by atoms with van der Waals surface area (Å²) in [5, 5.41) is 14.5. The number of hydrogen-bond donors (Lipinski definition) is 2. The molecule has 0 aliphatic heterocycles. The van der Waals surface area contributed by atoms with E-state index in [4.69, 9.17) is 0 Å². The number of nitrogens with one attached hydrogen (secondary N) is 1. The fourth-order valence-electron chi connectivity index (χ4n) is 3.61. The minimum atomic E-state index is 0.293. The number of rotatable bonds is 1. The van der Waals surface area contributed by atoms with Gasteiger partial charge in [0.15, 0.2) is 0 Å². The standard InChI is InChI=1S/C22H15NO/c24-16-11-9-15-10-12-20-22(18(15)13-16)21-17(7-4-8-19(21)23-20)14-5-2-1-3-6-14/h1-13,23-24H. The molecule has 0 aliphatic rings. The van der Waals surface area contributed by atoms with Crippen LogP contribution in [0, 0.1) is 0 Å². The molecule has 0 saturated heterocycles. The Labute approximate surface area is 139 Å². The first-order valence-corrected chi connectivity index (χ1v) is 8.03. The first-order valence-electron chi connectivity index (χ1n) is 8.03. The van der Waals surface area contributed by atoms with Crippen molar-refractivity contribution in [3.05, 3.63) is 78.9 Å². The van der Waals surface area contributed by atoms with Gasteiger partial charge in [-0.25, -0.2) is 0 Å². The molecule has 5 rings (SSSR count). The maximum absolute atomic E-state index is 9.98. The molecule has 2 nitrogen and oxygen atoms in total. The van der Waals surface area contributed by atoms with Gasteiger partial charge in [0.2, 0.25) is 0 Å². The summed E-state index contributed by atoms with van der Waals surface area (Å²) in [5.74, 6) is 0.293. The Morgan fingerprint density at radius 1 is 0.667 bits per heavy atom. The monoisotopic (exact) mass is 309 g/mol. The van der Waals surface area contributed by atoms with Gasteiger partial charge in [0.05, 0.1) is 0 Å². The SMILES string of the molecule is Oc1ccc2ccc3[nH]c4cccc(-c5ccccc5)c4c3c2c1. The molecule has 0 atom stereocenters. The van der Waals surface area contributed by atoms with E-state index in [0.29, 0.717) is 5.75 Å². The summed E-state index contributed by atoms with van der Waals surface area (Å²) in [5.41, 5.74) is 4.60. The van der Waals surface area contributed by atoms with Gasteiger partial charge in [-0.15, -0.1) is 0 Å². The second-order valence-corrected chi connectivity index (χ2v) is 6.11. The van der Waals surface area contributed by atoms with Gasteiger partial charge in [0.25, 0.3) is 0 Å². The van der Waals surface area contributed by atoms with Crippen LogP contribution in [0.2, 0.25) is 0 Å². The van der Waals surface area contributed by atoms with Gasteiger partial charge in [0, 0.05) is 21.8 Å². The molecule has 0 unspecified atom stereocenters. The zero-order chi connectivity index (χ0) is 16.1. The molecule has 0 bridgehead atoms. The smallest absolute Gasteiger partial charge is 0.116 e. The third-order valence-electron chi connectivity index (χ3n) is 4.67. The molecule has 0 radical (unpaired) electrons. The van der Waals surface area contributed by atoms with Gasteiger partial charge in [-0.3, -0.25) is 0 Å². The van der Waals surface area contributed by atoms with Crippen molar-refractivity contribution in [2.24, 2.45) is 0 Å². The highest BCUT2D eigenvalue weighted by atomic mass is 16.3. The summed E-state index contributed by atoms with van der Waals surface area (Å²) < 4.78 is 0. The van der Waals surface area contributed by atoms with Crippen molar-refractivity contribution in [1.29, 1.82) is 0 Å². The first kappa shape index (κ1) is 13.2. The van der Waals surface area contributed by atoms with E-state index < -0.39 is 0 Å². The lowest BCUT2D eigenvalue weighted by Gasteiger charge is -2.06. The lowest BCUT2D eigenvalue weighted by Crippen LogP contribution is -1.80. The van der Waals surface area contributed by atoms with Crippen LogP contribution in [-0.2, 0) is 0 Å². The summed E-state index contributed by atoms with van der Waals surface area (Å²) in [6.45, 7) is 0. The van der Waals surface area contributed by atoms with Crippen LogP contribution in [-0.4, -0.2) is 10.1 Å². The van der Waals surface area contributed by atoms with Crippen molar-refractivity contribution in [1.82, 2.24) is 4.98 Å². The Bertz CT molecular complexity index is 1200. The minimum Gasteiger partial charge on any atom is -0.508 e. The van der Waals surface area contributed by atoms with Gasteiger partial charge in [-0.1, -0.05) is 54.6 Å². The quantitative estimate of drug-likeness (QED) is 0.400. The van der Waals surface area contributed by atoms with E-state index >= 15 is 0 Å². The molecule has 0 amide bonds. The lowest BCUT2D eigenvalue weighted by molar-refractivity contribution is 0.476. The van der Waals surface area contributed by atoms with Gasteiger partial charge < -0.3 is 10.1 Å². The lowest BCUT2D eigenvalue weighted by atomic mass is 9.97. The number of fused-ring (bicyclic) bond motifs is 5. The Morgan fingerprint density at radius 3 is 2.33 bits per heavy atom. The van der Waals surface area contributed by atoms with Gasteiger partial charge in [0.1, 0.15) is 5.75 Å². The zero-order valence-corrected chi connectivity index (χ0v) is 13.0. The molecule has 2 N–H and O–H groups in total. The maximum Gasteiger partial charge on any atom is 0.116 e. The number of phenols is 1. The van der Waals surface area contributed by atoms with Gasteiger partial charge in [-0.05, 0) is 46.2 Å². The highest BCUT2D eigenvalue weighted by molar-refractivity contribution is 6.24. The Hall–Kier alpha value is -3.26. The molecule has 0 fully saturated rings. The predicted molar refractivity (Wildman–Crippen MR) is 100 cm³/mol. The van der Waals surface area contributed by atoms with Crippen molar-refractivity contribution >= 4 is 32.6 Å². The van der Waals surface area contributed by atoms with Crippen molar-refractivity contribution in [3.63, 3.8) is 0 Å². The van der Waals surface area contributed by atoms with Gasteiger partial charge >= 0.3 is 0 Å². The molecule has 2 heteroatoms. The third kappa shape index (κ3) is 1.83. The van der Waals surface area contributed by atoms with Crippen LogP contribution in [0.25, 0.3) is 43.7 Å². The normalized spacial score (nSPS) is 11.5.